The summed E-state index contributed by atoms with van der Waals surface area (Å²) in [6.07, 6.45) is 3.02. The van der Waals surface area contributed by atoms with Gasteiger partial charge in [-0.25, -0.2) is 4.98 Å². The van der Waals surface area contributed by atoms with E-state index in [9.17, 15) is 0 Å². The van der Waals surface area contributed by atoms with Gasteiger partial charge >= 0.3 is 0 Å². The molecule has 1 aromatic rings. The molecule has 1 aromatic heterocycles. The molecule has 0 saturated heterocycles. The average molecular weight is 162 g/mol. The van der Waals surface area contributed by atoms with Gasteiger partial charge in [-0.05, 0) is 31.9 Å². The fraction of sp³-hybridized carbons (Fsp3) is 0.500. The lowest BCUT2D eigenvalue weighted by Gasteiger charge is -2.21. The molecule has 2 heterocycles. The lowest BCUT2D eigenvalue weighted by Crippen LogP contribution is -2.29. The van der Waals surface area contributed by atoms with E-state index in [0.717, 1.165) is 13.0 Å². The molecule has 2 rings (SSSR count). The largest absolute Gasteiger partial charge is 0.354 e. The molecule has 12 heavy (non-hydrogen) atoms. The van der Waals surface area contributed by atoms with Crippen LogP contribution in [0.25, 0.3) is 0 Å². The highest BCUT2D eigenvalue weighted by molar-refractivity contribution is 5.52. The number of hydrogen-bond donors (Lipinski definition) is 0. The molecule has 1 aliphatic heterocycles. The molecule has 0 spiro atoms. The van der Waals surface area contributed by atoms with Crippen molar-refractivity contribution in [1.29, 1.82) is 0 Å². The monoisotopic (exact) mass is 162 g/mol. The maximum atomic E-state index is 4.39. The summed E-state index contributed by atoms with van der Waals surface area (Å²) in [6, 6.07) is 4.82. The fourth-order valence-electron chi connectivity index (χ4n) is 1.95. The lowest BCUT2D eigenvalue weighted by atomic mass is 10.2. The van der Waals surface area contributed by atoms with Crippen molar-refractivity contribution in [2.45, 2.75) is 26.3 Å². The second kappa shape index (κ2) is 2.77. The molecule has 0 bridgehead atoms. The first-order valence-electron chi connectivity index (χ1n) is 4.53. The van der Waals surface area contributed by atoms with Crippen LogP contribution in [-0.2, 0) is 6.42 Å². The molecule has 0 aliphatic carbocycles. The third-order valence-electron chi connectivity index (χ3n) is 2.53. The Morgan fingerprint density at radius 1 is 1.67 bits per heavy atom. The normalized spacial score (nSPS) is 21.2. The quantitative estimate of drug-likeness (QED) is 0.626. The van der Waals surface area contributed by atoms with E-state index in [-0.39, 0.29) is 0 Å². The van der Waals surface area contributed by atoms with E-state index in [1.807, 2.05) is 12.3 Å². The van der Waals surface area contributed by atoms with Crippen LogP contribution in [0.3, 0.4) is 0 Å². The molecule has 64 valence electrons. The van der Waals surface area contributed by atoms with Gasteiger partial charge < -0.3 is 4.90 Å². The second-order valence-electron chi connectivity index (χ2n) is 3.33. The first-order valence-corrected chi connectivity index (χ1v) is 4.53. The number of rotatable bonds is 1. The van der Waals surface area contributed by atoms with Crippen LogP contribution in [0.15, 0.2) is 18.3 Å². The molecule has 0 amide bonds. The SMILES string of the molecule is CCN1c2ncccc2CC1C. The van der Waals surface area contributed by atoms with Crippen LogP contribution in [0.2, 0.25) is 0 Å². The number of pyridine rings is 1. The topological polar surface area (TPSA) is 16.1 Å². The van der Waals surface area contributed by atoms with Crippen LogP contribution >= 0.6 is 0 Å². The van der Waals surface area contributed by atoms with Crippen LogP contribution < -0.4 is 4.90 Å². The van der Waals surface area contributed by atoms with E-state index in [1.54, 1.807) is 0 Å². The summed E-state index contributed by atoms with van der Waals surface area (Å²) in [5.74, 6) is 1.19. The fourth-order valence-corrected chi connectivity index (χ4v) is 1.95. The van der Waals surface area contributed by atoms with Crippen LogP contribution in [-0.4, -0.2) is 17.6 Å². The zero-order valence-corrected chi connectivity index (χ0v) is 7.62. The van der Waals surface area contributed by atoms with Gasteiger partial charge in [0.2, 0.25) is 0 Å². The number of nitrogens with zero attached hydrogens (tertiary/aromatic N) is 2. The standard InChI is InChI=1S/C10H14N2/c1-3-12-8(2)7-9-5-4-6-11-10(9)12/h4-6,8H,3,7H2,1-2H3. The smallest absolute Gasteiger partial charge is 0.132 e. The highest BCUT2D eigenvalue weighted by atomic mass is 15.2. The van der Waals surface area contributed by atoms with Crippen molar-refractivity contribution >= 4 is 5.82 Å². The first-order chi connectivity index (χ1) is 5.83. The molecule has 0 radical (unpaired) electrons. The summed E-state index contributed by atoms with van der Waals surface area (Å²) < 4.78 is 0. The number of anilines is 1. The number of fused-ring (bicyclic) bond motifs is 1. The Hall–Kier alpha value is -1.05. The maximum Gasteiger partial charge on any atom is 0.132 e. The number of hydrogen-bond acceptors (Lipinski definition) is 2. The summed E-state index contributed by atoms with van der Waals surface area (Å²) in [4.78, 5) is 6.74. The average Bonchev–Trinajstić information content (AvgIpc) is 2.40. The summed E-state index contributed by atoms with van der Waals surface area (Å²) in [7, 11) is 0. The van der Waals surface area contributed by atoms with Gasteiger partial charge in [0.15, 0.2) is 0 Å². The Labute approximate surface area is 73.2 Å². The Bertz CT molecular complexity index is 283. The van der Waals surface area contributed by atoms with Crippen molar-refractivity contribution < 1.29 is 0 Å². The second-order valence-corrected chi connectivity index (χ2v) is 3.33. The molecule has 0 aromatic carbocycles. The molecule has 1 aliphatic rings. The zero-order chi connectivity index (χ0) is 8.55. The van der Waals surface area contributed by atoms with Crippen LogP contribution in [0.4, 0.5) is 5.82 Å². The Balaban J connectivity index is 2.40. The molecular weight excluding hydrogens is 148 g/mol. The molecule has 1 unspecified atom stereocenters. The number of aromatic nitrogens is 1. The highest BCUT2D eigenvalue weighted by Crippen LogP contribution is 2.28. The van der Waals surface area contributed by atoms with Crippen molar-refractivity contribution in [2.24, 2.45) is 0 Å². The molecule has 1 atom stereocenters. The van der Waals surface area contributed by atoms with E-state index >= 15 is 0 Å². The van der Waals surface area contributed by atoms with Crippen LogP contribution in [0.1, 0.15) is 19.4 Å². The minimum atomic E-state index is 0.625. The third kappa shape index (κ3) is 0.986. The molecular formula is C10H14N2. The Morgan fingerprint density at radius 2 is 2.50 bits per heavy atom. The summed E-state index contributed by atoms with van der Waals surface area (Å²) >= 11 is 0. The van der Waals surface area contributed by atoms with Gasteiger partial charge in [-0.1, -0.05) is 6.07 Å². The highest BCUT2D eigenvalue weighted by Gasteiger charge is 2.24. The minimum Gasteiger partial charge on any atom is -0.354 e. The first kappa shape index (κ1) is 7.59. The summed E-state index contributed by atoms with van der Waals surface area (Å²) in [5, 5.41) is 0. The van der Waals surface area contributed by atoms with Gasteiger partial charge in [0.05, 0.1) is 0 Å². The molecule has 2 nitrogen and oxygen atoms in total. The van der Waals surface area contributed by atoms with Gasteiger partial charge in [-0.3, -0.25) is 0 Å². The van der Waals surface area contributed by atoms with E-state index in [4.69, 9.17) is 0 Å². The molecule has 0 saturated carbocycles. The Kier molecular flexibility index (Phi) is 1.75. The van der Waals surface area contributed by atoms with Crippen LogP contribution in [0.5, 0.6) is 0 Å². The van der Waals surface area contributed by atoms with Crippen molar-refractivity contribution in [3.05, 3.63) is 23.9 Å². The van der Waals surface area contributed by atoms with Crippen molar-refractivity contribution in [1.82, 2.24) is 4.98 Å². The predicted molar refractivity (Wildman–Crippen MR) is 50.4 cm³/mol. The van der Waals surface area contributed by atoms with Gasteiger partial charge in [0.1, 0.15) is 5.82 Å². The van der Waals surface area contributed by atoms with E-state index in [2.05, 4.69) is 29.8 Å². The Morgan fingerprint density at radius 3 is 3.25 bits per heavy atom. The molecule has 2 heteroatoms. The van der Waals surface area contributed by atoms with Gasteiger partial charge in [-0.2, -0.15) is 0 Å². The van der Waals surface area contributed by atoms with Crippen molar-refractivity contribution in [2.75, 3.05) is 11.4 Å². The summed E-state index contributed by atoms with van der Waals surface area (Å²) in [5.41, 5.74) is 1.40. The minimum absolute atomic E-state index is 0.625. The summed E-state index contributed by atoms with van der Waals surface area (Å²) in [6.45, 7) is 5.50. The lowest BCUT2D eigenvalue weighted by molar-refractivity contribution is 0.686. The van der Waals surface area contributed by atoms with Crippen molar-refractivity contribution in [3.8, 4) is 0 Å². The van der Waals surface area contributed by atoms with Gasteiger partial charge in [0.25, 0.3) is 0 Å². The maximum absolute atomic E-state index is 4.39. The zero-order valence-electron chi connectivity index (χ0n) is 7.62. The van der Waals surface area contributed by atoms with Gasteiger partial charge in [0, 0.05) is 18.8 Å². The van der Waals surface area contributed by atoms with E-state index in [1.165, 1.54) is 11.4 Å². The molecule has 0 N–H and O–H groups in total. The van der Waals surface area contributed by atoms with E-state index in [0.29, 0.717) is 6.04 Å². The third-order valence-corrected chi connectivity index (χ3v) is 2.53. The van der Waals surface area contributed by atoms with Crippen molar-refractivity contribution in [3.63, 3.8) is 0 Å². The van der Waals surface area contributed by atoms with Crippen LogP contribution in [0, 0.1) is 0 Å². The van der Waals surface area contributed by atoms with E-state index < -0.39 is 0 Å². The predicted octanol–water partition coefficient (Wildman–Crippen LogP) is 1.85. The molecule has 0 fully saturated rings. The number of likely N-dealkylation sites (N-methyl/N-ethyl adjacent to an activating group) is 1. The van der Waals surface area contributed by atoms with Gasteiger partial charge in [-0.15, -0.1) is 0 Å².